The summed E-state index contributed by atoms with van der Waals surface area (Å²) in [6.45, 7) is 1.74. The molecule has 2 rings (SSSR count). The largest absolute Gasteiger partial charge is 0.277 e. The van der Waals surface area contributed by atoms with E-state index in [1.165, 1.54) is 5.56 Å². The van der Waals surface area contributed by atoms with Crippen LogP contribution in [0, 0.1) is 11.3 Å². The molecule has 2 nitrogen and oxygen atoms in total. The second-order valence-corrected chi connectivity index (χ2v) is 3.42. The van der Waals surface area contributed by atoms with E-state index in [0.29, 0.717) is 0 Å². The van der Waals surface area contributed by atoms with E-state index >= 15 is 0 Å². The molecule has 0 amide bonds. The van der Waals surface area contributed by atoms with Gasteiger partial charge in [-0.15, -0.1) is 0 Å². The van der Waals surface area contributed by atoms with Gasteiger partial charge >= 0.3 is 0 Å². The van der Waals surface area contributed by atoms with Crippen molar-refractivity contribution in [1.29, 1.82) is 5.26 Å². The molecule has 14 heavy (non-hydrogen) atoms. The maximum atomic E-state index is 8.87. The zero-order valence-electron chi connectivity index (χ0n) is 7.93. The molecule has 0 saturated carbocycles. The van der Waals surface area contributed by atoms with Crippen LogP contribution in [0.25, 0.3) is 0 Å². The smallest absolute Gasteiger partial charge is 0.117 e. The first-order valence-electron chi connectivity index (χ1n) is 4.74. The fraction of sp³-hybridized carbons (Fsp3) is 0.250. The van der Waals surface area contributed by atoms with Crippen LogP contribution in [-0.2, 0) is 6.54 Å². The van der Waals surface area contributed by atoms with Crippen LogP contribution in [0.5, 0.6) is 0 Å². The molecule has 0 spiro atoms. The van der Waals surface area contributed by atoms with Crippen molar-refractivity contribution < 1.29 is 0 Å². The molecule has 0 aliphatic carbocycles. The first kappa shape index (κ1) is 8.98. The molecule has 1 aliphatic rings. The van der Waals surface area contributed by atoms with Crippen LogP contribution in [-0.4, -0.2) is 17.5 Å². The van der Waals surface area contributed by atoms with Gasteiger partial charge in [0.15, 0.2) is 0 Å². The van der Waals surface area contributed by atoms with E-state index < -0.39 is 0 Å². The van der Waals surface area contributed by atoms with Crippen molar-refractivity contribution >= 4 is 0 Å². The van der Waals surface area contributed by atoms with Crippen LogP contribution in [0.4, 0.5) is 0 Å². The van der Waals surface area contributed by atoms with E-state index in [4.69, 9.17) is 5.26 Å². The Morgan fingerprint density at radius 1 is 1.36 bits per heavy atom. The number of rotatable bonds is 2. The summed E-state index contributed by atoms with van der Waals surface area (Å²) >= 11 is 0. The van der Waals surface area contributed by atoms with E-state index in [0.717, 1.165) is 13.1 Å². The quantitative estimate of drug-likeness (QED) is 0.657. The SMILES string of the molecule is N#CC1C=CCN1Cc1ccccc1. The summed E-state index contributed by atoms with van der Waals surface area (Å²) < 4.78 is 0. The Hall–Kier alpha value is -1.59. The van der Waals surface area contributed by atoms with Crippen molar-refractivity contribution in [1.82, 2.24) is 4.90 Å². The molecule has 1 heterocycles. The molecule has 0 aromatic heterocycles. The van der Waals surface area contributed by atoms with Gasteiger partial charge in [-0.3, -0.25) is 4.90 Å². The summed E-state index contributed by atoms with van der Waals surface area (Å²) in [7, 11) is 0. The highest BCUT2D eigenvalue weighted by atomic mass is 15.2. The molecule has 1 aromatic rings. The van der Waals surface area contributed by atoms with E-state index in [1.807, 2.05) is 24.3 Å². The van der Waals surface area contributed by atoms with Gasteiger partial charge in [0.2, 0.25) is 0 Å². The summed E-state index contributed by atoms with van der Waals surface area (Å²) in [5.41, 5.74) is 1.26. The molecule has 1 aromatic carbocycles. The Kier molecular flexibility index (Phi) is 2.62. The predicted molar refractivity (Wildman–Crippen MR) is 55.4 cm³/mol. The fourth-order valence-electron chi connectivity index (χ4n) is 1.67. The fourth-order valence-corrected chi connectivity index (χ4v) is 1.67. The lowest BCUT2D eigenvalue weighted by atomic mass is 10.2. The van der Waals surface area contributed by atoms with Gasteiger partial charge < -0.3 is 0 Å². The van der Waals surface area contributed by atoms with Gasteiger partial charge in [0.1, 0.15) is 6.04 Å². The standard InChI is InChI=1S/C12H12N2/c13-9-12-7-4-8-14(12)10-11-5-2-1-3-6-11/h1-7,12H,8,10H2. The van der Waals surface area contributed by atoms with Gasteiger partial charge in [0, 0.05) is 13.1 Å². The number of hydrogen-bond acceptors (Lipinski definition) is 2. The summed E-state index contributed by atoms with van der Waals surface area (Å²) in [6, 6.07) is 12.5. The summed E-state index contributed by atoms with van der Waals surface area (Å²) in [6.07, 6.45) is 4.01. The maximum Gasteiger partial charge on any atom is 0.117 e. The second-order valence-electron chi connectivity index (χ2n) is 3.42. The summed E-state index contributed by atoms with van der Waals surface area (Å²) in [5.74, 6) is 0. The average Bonchev–Trinajstić information content (AvgIpc) is 2.67. The number of hydrogen-bond donors (Lipinski definition) is 0. The molecule has 0 saturated heterocycles. The Bertz CT molecular complexity index is 362. The molecular formula is C12H12N2. The van der Waals surface area contributed by atoms with Crippen LogP contribution in [0.15, 0.2) is 42.5 Å². The normalized spacial score (nSPS) is 20.9. The lowest BCUT2D eigenvalue weighted by Crippen LogP contribution is -2.28. The molecule has 0 bridgehead atoms. The zero-order valence-corrected chi connectivity index (χ0v) is 7.93. The molecule has 0 N–H and O–H groups in total. The number of benzene rings is 1. The van der Waals surface area contributed by atoms with Crippen molar-refractivity contribution in [2.24, 2.45) is 0 Å². The number of nitriles is 1. The first-order chi connectivity index (χ1) is 6.90. The molecule has 0 fully saturated rings. The molecule has 2 heteroatoms. The highest BCUT2D eigenvalue weighted by Gasteiger charge is 2.18. The molecule has 70 valence electrons. The molecule has 1 atom stereocenters. The topological polar surface area (TPSA) is 27.0 Å². The van der Waals surface area contributed by atoms with Crippen molar-refractivity contribution in [2.45, 2.75) is 12.6 Å². The van der Waals surface area contributed by atoms with Gasteiger partial charge in [0.25, 0.3) is 0 Å². The van der Waals surface area contributed by atoms with E-state index in [9.17, 15) is 0 Å². The van der Waals surface area contributed by atoms with Gasteiger partial charge in [-0.05, 0) is 5.56 Å². The van der Waals surface area contributed by atoms with E-state index in [-0.39, 0.29) is 6.04 Å². The van der Waals surface area contributed by atoms with Crippen molar-refractivity contribution in [3.8, 4) is 6.07 Å². The van der Waals surface area contributed by atoms with Crippen LogP contribution >= 0.6 is 0 Å². The maximum absolute atomic E-state index is 8.87. The van der Waals surface area contributed by atoms with E-state index in [2.05, 4.69) is 29.2 Å². The monoisotopic (exact) mass is 184 g/mol. The Morgan fingerprint density at radius 2 is 2.14 bits per heavy atom. The third kappa shape index (κ3) is 1.84. The third-order valence-corrected chi connectivity index (χ3v) is 2.41. The summed E-state index contributed by atoms with van der Waals surface area (Å²) in [4.78, 5) is 2.15. The summed E-state index contributed by atoms with van der Waals surface area (Å²) in [5, 5.41) is 8.87. The van der Waals surface area contributed by atoms with Gasteiger partial charge in [-0.2, -0.15) is 5.26 Å². The lowest BCUT2D eigenvalue weighted by molar-refractivity contribution is 0.302. The first-order valence-corrected chi connectivity index (χ1v) is 4.74. The minimum absolute atomic E-state index is 0.0461. The highest BCUT2D eigenvalue weighted by molar-refractivity contribution is 5.19. The van der Waals surface area contributed by atoms with Crippen LogP contribution < -0.4 is 0 Å². The highest BCUT2D eigenvalue weighted by Crippen LogP contribution is 2.13. The van der Waals surface area contributed by atoms with Crippen LogP contribution in [0.2, 0.25) is 0 Å². The molecule has 0 radical (unpaired) electrons. The van der Waals surface area contributed by atoms with Gasteiger partial charge in [-0.1, -0.05) is 42.5 Å². The Labute approximate surface area is 84.1 Å². The molecular weight excluding hydrogens is 172 g/mol. The van der Waals surface area contributed by atoms with E-state index in [1.54, 1.807) is 0 Å². The molecule has 1 aliphatic heterocycles. The van der Waals surface area contributed by atoms with Crippen molar-refractivity contribution in [3.05, 3.63) is 48.0 Å². The van der Waals surface area contributed by atoms with Crippen molar-refractivity contribution in [2.75, 3.05) is 6.54 Å². The zero-order chi connectivity index (χ0) is 9.80. The van der Waals surface area contributed by atoms with Crippen molar-refractivity contribution in [3.63, 3.8) is 0 Å². The number of nitrogens with zero attached hydrogens (tertiary/aromatic N) is 2. The van der Waals surface area contributed by atoms with Gasteiger partial charge in [0.05, 0.1) is 6.07 Å². The predicted octanol–water partition coefficient (Wildman–Crippen LogP) is 1.95. The Balaban J connectivity index is 2.03. The molecule has 1 unspecified atom stereocenters. The van der Waals surface area contributed by atoms with Crippen LogP contribution in [0.3, 0.4) is 0 Å². The van der Waals surface area contributed by atoms with Crippen LogP contribution in [0.1, 0.15) is 5.56 Å². The lowest BCUT2D eigenvalue weighted by Gasteiger charge is -2.18. The average molecular weight is 184 g/mol. The second kappa shape index (κ2) is 4.08. The third-order valence-electron chi connectivity index (χ3n) is 2.41. The minimum atomic E-state index is -0.0461. The Morgan fingerprint density at radius 3 is 2.86 bits per heavy atom. The van der Waals surface area contributed by atoms with Gasteiger partial charge in [-0.25, -0.2) is 0 Å². The minimum Gasteiger partial charge on any atom is -0.277 e.